The number of halogens is 3. The van der Waals surface area contributed by atoms with Crippen LogP contribution in [-0.2, 0) is 9.53 Å². The predicted molar refractivity (Wildman–Crippen MR) is 100 cm³/mol. The lowest BCUT2D eigenvalue weighted by molar-refractivity contribution is -0.174. The molecule has 0 saturated carbocycles. The average Bonchev–Trinajstić information content (AvgIpc) is 2.71. The van der Waals surface area contributed by atoms with E-state index in [9.17, 15) is 18.0 Å². The summed E-state index contributed by atoms with van der Waals surface area (Å²) in [4.78, 5) is 16.9. The Labute approximate surface area is 168 Å². The summed E-state index contributed by atoms with van der Waals surface area (Å²) >= 11 is 0. The molecule has 3 rings (SSSR count). The highest BCUT2D eigenvalue weighted by Gasteiger charge is 2.28. The van der Waals surface area contributed by atoms with E-state index < -0.39 is 12.8 Å². The topological polar surface area (TPSA) is 51.2 Å². The molecule has 162 valence electrons. The lowest BCUT2D eigenvalue weighted by atomic mass is 9.98. The molecule has 0 aliphatic carbocycles. The van der Waals surface area contributed by atoms with Crippen molar-refractivity contribution in [3.8, 4) is 11.5 Å². The fourth-order valence-corrected chi connectivity index (χ4v) is 3.52. The molecule has 2 aliphatic heterocycles. The van der Waals surface area contributed by atoms with Gasteiger partial charge in [-0.25, -0.2) is 0 Å². The molecule has 0 aromatic heterocycles. The largest absolute Gasteiger partial charge is 0.486 e. The Bertz CT molecular complexity index is 691. The average molecular weight is 416 g/mol. The number of rotatable bonds is 7. The number of benzene rings is 1. The van der Waals surface area contributed by atoms with Crippen molar-refractivity contribution >= 4 is 5.91 Å². The smallest absolute Gasteiger partial charge is 0.411 e. The number of amides is 1. The van der Waals surface area contributed by atoms with Gasteiger partial charge in [-0.1, -0.05) is 6.07 Å². The van der Waals surface area contributed by atoms with E-state index in [0.29, 0.717) is 63.9 Å². The van der Waals surface area contributed by atoms with Crippen LogP contribution in [0.25, 0.3) is 0 Å². The Kier molecular flexibility index (Phi) is 7.23. The van der Waals surface area contributed by atoms with Crippen molar-refractivity contribution in [2.75, 3.05) is 59.2 Å². The van der Waals surface area contributed by atoms with Gasteiger partial charge in [0.15, 0.2) is 11.5 Å². The predicted octanol–water partition coefficient (Wildman–Crippen LogP) is 2.67. The Balaban J connectivity index is 1.41. The lowest BCUT2D eigenvalue weighted by Gasteiger charge is -2.36. The minimum Gasteiger partial charge on any atom is -0.486 e. The quantitative estimate of drug-likeness (QED) is 0.640. The van der Waals surface area contributed by atoms with E-state index in [1.807, 2.05) is 30.0 Å². The van der Waals surface area contributed by atoms with Gasteiger partial charge in [0.2, 0.25) is 5.91 Å². The summed E-state index contributed by atoms with van der Waals surface area (Å²) in [6.07, 6.45) is -3.74. The van der Waals surface area contributed by atoms with Crippen molar-refractivity contribution in [1.29, 1.82) is 0 Å². The minimum atomic E-state index is -4.28. The lowest BCUT2D eigenvalue weighted by Crippen LogP contribution is -2.50. The van der Waals surface area contributed by atoms with Crippen LogP contribution in [0.3, 0.4) is 0 Å². The van der Waals surface area contributed by atoms with Crippen LogP contribution in [0.2, 0.25) is 0 Å². The van der Waals surface area contributed by atoms with Gasteiger partial charge in [0.05, 0.1) is 5.92 Å². The molecule has 1 saturated heterocycles. The highest BCUT2D eigenvalue weighted by Crippen LogP contribution is 2.33. The summed E-state index contributed by atoms with van der Waals surface area (Å²) < 4.78 is 51.9. The van der Waals surface area contributed by atoms with E-state index in [1.54, 1.807) is 0 Å². The molecular weight excluding hydrogens is 389 g/mol. The van der Waals surface area contributed by atoms with Crippen LogP contribution >= 0.6 is 0 Å². The molecule has 29 heavy (non-hydrogen) atoms. The first-order valence-corrected chi connectivity index (χ1v) is 9.89. The third-order valence-electron chi connectivity index (χ3n) is 5.15. The van der Waals surface area contributed by atoms with Crippen molar-refractivity contribution in [3.05, 3.63) is 23.8 Å². The molecule has 0 radical (unpaired) electrons. The van der Waals surface area contributed by atoms with Gasteiger partial charge in [-0.15, -0.1) is 0 Å². The minimum absolute atomic E-state index is 0.0647. The van der Waals surface area contributed by atoms with E-state index in [4.69, 9.17) is 9.47 Å². The molecule has 9 heteroatoms. The summed E-state index contributed by atoms with van der Waals surface area (Å²) in [5.74, 6) is 1.15. The van der Waals surface area contributed by atoms with Crippen molar-refractivity contribution in [2.45, 2.75) is 25.4 Å². The van der Waals surface area contributed by atoms with Crippen LogP contribution in [0, 0.1) is 0 Å². The number of fused-ring (bicyclic) bond motifs is 1. The zero-order valence-electron chi connectivity index (χ0n) is 16.5. The normalized spacial score (nSPS) is 18.6. The van der Waals surface area contributed by atoms with Crippen molar-refractivity contribution in [3.63, 3.8) is 0 Å². The number of hydrogen-bond donors (Lipinski definition) is 0. The van der Waals surface area contributed by atoms with Gasteiger partial charge in [0.1, 0.15) is 19.8 Å². The van der Waals surface area contributed by atoms with Gasteiger partial charge >= 0.3 is 6.18 Å². The molecule has 1 aromatic carbocycles. The first-order chi connectivity index (χ1) is 13.8. The second-order valence-corrected chi connectivity index (χ2v) is 7.31. The molecule has 2 aliphatic rings. The molecule has 1 atom stereocenters. The molecule has 1 amide bonds. The number of hydrogen-bond acceptors (Lipinski definition) is 5. The fraction of sp³-hybridized carbons (Fsp3) is 0.650. The maximum Gasteiger partial charge on any atom is 0.411 e. The molecule has 1 unspecified atom stereocenters. The maximum atomic E-state index is 12.9. The summed E-state index contributed by atoms with van der Waals surface area (Å²) in [6, 6.07) is 5.61. The van der Waals surface area contributed by atoms with E-state index in [-0.39, 0.29) is 18.4 Å². The van der Waals surface area contributed by atoms with Crippen LogP contribution in [0.4, 0.5) is 13.2 Å². The summed E-state index contributed by atoms with van der Waals surface area (Å²) in [5.41, 5.74) is 0.892. The van der Waals surface area contributed by atoms with E-state index in [0.717, 1.165) is 5.56 Å². The second kappa shape index (κ2) is 9.67. The molecule has 1 fully saturated rings. The van der Waals surface area contributed by atoms with Gasteiger partial charge in [-0.3, -0.25) is 9.69 Å². The van der Waals surface area contributed by atoms with E-state index in [1.165, 1.54) is 0 Å². The van der Waals surface area contributed by atoms with Crippen LogP contribution in [-0.4, -0.2) is 81.0 Å². The molecule has 0 N–H and O–H groups in total. The Morgan fingerprint density at radius 3 is 2.52 bits per heavy atom. The molecule has 0 bridgehead atoms. The van der Waals surface area contributed by atoms with Crippen molar-refractivity contribution in [2.24, 2.45) is 0 Å². The van der Waals surface area contributed by atoms with Gasteiger partial charge in [-0.05, 0) is 31.0 Å². The van der Waals surface area contributed by atoms with Gasteiger partial charge < -0.3 is 19.1 Å². The van der Waals surface area contributed by atoms with Crippen LogP contribution < -0.4 is 9.47 Å². The van der Waals surface area contributed by atoms with Crippen LogP contribution in [0.15, 0.2) is 18.2 Å². The SMILES string of the molecule is CC(C(=O)N1CCN(CCCOCC(F)(F)F)CC1)c1ccc2c(c1)OCCO2. The zero-order valence-corrected chi connectivity index (χ0v) is 16.5. The highest BCUT2D eigenvalue weighted by molar-refractivity contribution is 5.83. The van der Waals surface area contributed by atoms with Gasteiger partial charge in [0.25, 0.3) is 0 Å². The number of carbonyl (C=O) groups excluding carboxylic acids is 1. The summed E-state index contributed by atoms with van der Waals surface area (Å²) in [6.45, 7) is 5.09. The molecule has 6 nitrogen and oxygen atoms in total. The number of piperazine rings is 1. The molecule has 1 aromatic rings. The fourth-order valence-electron chi connectivity index (χ4n) is 3.52. The van der Waals surface area contributed by atoms with Crippen LogP contribution in [0.5, 0.6) is 11.5 Å². The first kappa shape index (κ1) is 21.7. The Morgan fingerprint density at radius 1 is 1.14 bits per heavy atom. The monoisotopic (exact) mass is 416 g/mol. The standard InChI is InChI=1S/C20H27F3N2O4/c1-15(16-3-4-17-18(13-16)29-12-11-28-17)19(26)25-8-6-24(7-9-25)5-2-10-27-14-20(21,22)23/h3-4,13,15H,2,5-12,14H2,1H3. The van der Waals surface area contributed by atoms with Crippen molar-refractivity contribution < 1.29 is 32.2 Å². The van der Waals surface area contributed by atoms with E-state index >= 15 is 0 Å². The number of nitrogens with zero attached hydrogens (tertiary/aromatic N) is 2. The summed E-state index contributed by atoms with van der Waals surface area (Å²) in [7, 11) is 0. The molecular formula is C20H27F3N2O4. The Hall–Kier alpha value is -2.00. The number of ether oxygens (including phenoxy) is 3. The second-order valence-electron chi connectivity index (χ2n) is 7.31. The first-order valence-electron chi connectivity index (χ1n) is 9.89. The number of carbonyl (C=O) groups is 1. The van der Waals surface area contributed by atoms with Crippen LogP contribution in [0.1, 0.15) is 24.8 Å². The highest BCUT2D eigenvalue weighted by atomic mass is 19.4. The summed E-state index contributed by atoms with van der Waals surface area (Å²) in [5, 5.41) is 0. The molecule has 2 heterocycles. The third kappa shape index (κ3) is 6.24. The third-order valence-corrected chi connectivity index (χ3v) is 5.15. The van der Waals surface area contributed by atoms with E-state index in [2.05, 4.69) is 9.64 Å². The maximum absolute atomic E-state index is 12.9. The van der Waals surface area contributed by atoms with Gasteiger partial charge in [-0.2, -0.15) is 13.2 Å². The number of alkyl halides is 3. The van der Waals surface area contributed by atoms with Crippen molar-refractivity contribution in [1.82, 2.24) is 9.80 Å². The van der Waals surface area contributed by atoms with Gasteiger partial charge in [0, 0.05) is 39.3 Å². The zero-order chi connectivity index (χ0) is 20.9. The molecule has 0 spiro atoms. The Morgan fingerprint density at radius 2 is 1.83 bits per heavy atom.